The van der Waals surface area contributed by atoms with Gasteiger partial charge in [0.1, 0.15) is 0 Å². The summed E-state index contributed by atoms with van der Waals surface area (Å²) in [6, 6.07) is 14.4. The standard InChI is InChI=1S/C29H31N5O2/c1-33-17-20(12-13-32-33)25-11-10-19(16-30-25)14-21-15-24-28(23-7-3-2-6-22(21)23)31-18-34(29(24)36)26-8-4-5-9-27(26)35/h2-3,6-7,10-11,13,15-18,26-27,29,35-36H,4-5,8-9,12,14H2,1H3. The van der Waals surface area contributed by atoms with Crippen molar-refractivity contribution in [2.45, 2.75) is 56.9 Å². The summed E-state index contributed by atoms with van der Waals surface area (Å²) in [4.78, 5) is 11.4. The van der Waals surface area contributed by atoms with Crippen molar-refractivity contribution >= 4 is 34.6 Å². The molecule has 0 amide bonds. The average Bonchev–Trinajstić information content (AvgIpc) is 2.90. The maximum Gasteiger partial charge on any atom is 0.156 e. The normalized spacial score (nSPS) is 23.6. The Bertz CT molecular complexity index is 1360. The molecule has 184 valence electrons. The van der Waals surface area contributed by atoms with Gasteiger partial charge in [-0.05, 0) is 47.9 Å². The van der Waals surface area contributed by atoms with Crippen LogP contribution in [0.3, 0.4) is 0 Å². The van der Waals surface area contributed by atoms with E-state index in [-0.39, 0.29) is 6.04 Å². The van der Waals surface area contributed by atoms with Gasteiger partial charge in [0.05, 0.1) is 29.9 Å². The fourth-order valence-electron chi connectivity index (χ4n) is 5.69. The van der Waals surface area contributed by atoms with Crippen molar-refractivity contribution in [1.29, 1.82) is 0 Å². The summed E-state index contributed by atoms with van der Waals surface area (Å²) in [5.41, 5.74) is 5.94. The van der Waals surface area contributed by atoms with Gasteiger partial charge >= 0.3 is 0 Å². The molecule has 3 aromatic rings. The predicted octanol–water partition coefficient (Wildman–Crippen LogP) is 4.76. The Labute approximate surface area is 211 Å². The van der Waals surface area contributed by atoms with E-state index in [1.165, 1.54) is 0 Å². The lowest BCUT2D eigenvalue weighted by Gasteiger charge is -2.41. The number of aliphatic hydroxyl groups excluding tert-OH is 2. The van der Waals surface area contributed by atoms with E-state index in [0.717, 1.165) is 76.5 Å². The number of allylic oxidation sites excluding steroid dienone is 1. The van der Waals surface area contributed by atoms with Crippen molar-refractivity contribution in [2.75, 3.05) is 7.05 Å². The molecule has 0 saturated heterocycles. The minimum atomic E-state index is -0.837. The Kier molecular flexibility index (Phi) is 6.03. The van der Waals surface area contributed by atoms with Gasteiger partial charge in [-0.1, -0.05) is 43.2 Å². The Morgan fingerprint density at radius 2 is 1.86 bits per heavy atom. The van der Waals surface area contributed by atoms with Crippen molar-refractivity contribution in [3.05, 3.63) is 77.2 Å². The van der Waals surface area contributed by atoms with Crippen molar-refractivity contribution in [3.8, 4) is 0 Å². The summed E-state index contributed by atoms with van der Waals surface area (Å²) in [7, 11) is 1.92. The van der Waals surface area contributed by atoms with E-state index in [1.807, 2.05) is 42.7 Å². The Morgan fingerprint density at radius 1 is 1.03 bits per heavy atom. The molecular weight excluding hydrogens is 450 g/mol. The zero-order valence-electron chi connectivity index (χ0n) is 20.5. The van der Waals surface area contributed by atoms with Crippen LogP contribution in [0.15, 0.2) is 65.0 Å². The number of rotatable bonds is 4. The molecule has 0 spiro atoms. The molecule has 0 bridgehead atoms. The molecule has 2 aromatic carbocycles. The number of hydrogen-bond acceptors (Lipinski definition) is 7. The molecule has 7 heteroatoms. The number of benzene rings is 2. The minimum Gasteiger partial charge on any atom is -0.391 e. The quantitative estimate of drug-likeness (QED) is 0.561. The van der Waals surface area contributed by atoms with Gasteiger partial charge in [-0.25, -0.2) is 4.99 Å². The molecule has 3 atom stereocenters. The van der Waals surface area contributed by atoms with Gasteiger partial charge in [0.2, 0.25) is 0 Å². The van der Waals surface area contributed by atoms with Crippen molar-refractivity contribution in [1.82, 2.24) is 14.9 Å². The van der Waals surface area contributed by atoms with E-state index < -0.39 is 12.3 Å². The van der Waals surface area contributed by atoms with Crippen LogP contribution in [0, 0.1) is 0 Å². The van der Waals surface area contributed by atoms with Crippen LogP contribution >= 0.6 is 0 Å². The molecule has 1 fully saturated rings. The predicted molar refractivity (Wildman–Crippen MR) is 143 cm³/mol. The summed E-state index contributed by atoms with van der Waals surface area (Å²) in [6.07, 6.45) is 11.5. The second kappa shape index (κ2) is 9.48. The van der Waals surface area contributed by atoms with Gasteiger partial charge in [0.15, 0.2) is 6.23 Å². The fourth-order valence-corrected chi connectivity index (χ4v) is 5.69. The third-order valence-corrected chi connectivity index (χ3v) is 7.55. The average molecular weight is 482 g/mol. The highest BCUT2D eigenvalue weighted by molar-refractivity contribution is 5.98. The van der Waals surface area contributed by atoms with Crippen LogP contribution in [-0.4, -0.2) is 56.9 Å². The first-order valence-electron chi connectivity index (χ1n) is 12.7. The van der Waals surface area contributed by atoms with E-state index in [1.54, 1.807) is 11.3 Å². The summed E-state index contributed by atoms with van der Waals surface area (Å²) < 4.78 is 0. The van der Waals surface area contributed by atoms with Crippen LogP contribution in [0.2, 0.25) is 0 Å². The van der Waals surface area contributed by atoms with Gasteiger partial charge in [-0.3, -0.25) is 9.99 Å². The molecule has 6 rings (SSSR count). The highest BCUT2D eigenvalue weighted by Crippen LogP contribution is 2.42. The summed E-state index contributed by atoms with van der Waals surface area (Å²) in [5, 5.41) is 30.2. The first-order valence-corrected chi connectivity index (χ1v) is 12.7. The number of hydrogen-bond donors (Lipinski definition) is 2. The first-order chi connectivity index (χ1) is 17.6. The highest BCUT2D eigenvalue weighted by atomic mass is 16.3. The number of nitrogens with zero attached hydrogens (tertiary/aromatic N) is 5. The van der Waals surface area contributed by atoms with Crippen molar-refractivity contribution in [2.24, 2.45) is 10.1 Å². The van der Waals surface area contributed by atoms with E-state index in [4.69, 9.17) is 9.98 Å². The van der Waals surface area contributed by atoms with Crippen LogP contribution in [0.25, 0.3) is 16.3 Å². The SMILES string of the molecule is CN1C=C(c2ccc(Cc3cc4c(c5ccccc35)N=CN(C3CCCCC3O)C4O)cn2)CC=N1. The summed E-state index contributed by atoms with van der Waals surface area (Å²) in [5.74, 6) is 0. The van der Waals surface area contributed by atoms with E-state index in [9.17, 15) is 10.2 Å². The molecule has 3 aliphatic rings. The van der Waals surface area contributed by atoms with Crippen LogP contribution in [0.1, 0.15) is 60.7 Å². The largest absolute Gasteiger partial charge is 0.391 e. The third-order valence-electron chi connectivity index (χ3n) is 7.55. The van der Waals surface area contributed by atoms with E-state index in [0.29, 0.717) is 6.42 Å². The van der Waals surface area contributed by atoms with E-state index in [2.05, 4.69) is 35.4 Å². The Hall–Kier alpha value is -3.55. The lowest BCUT2D eigenvalue weighted by Crippen LogP contribution is -2.47. The smallest absolute Gasteiger partial charge is 0.156 e. The van der Waals surface area contributed by atoms with Crippen molar-refractivity contribution in [3.63, 3.8) is 0 Å². The molecule has 3 heterocycles. The third kappa shape index (κ3) is 4.18. The van der Waals surface area contributed by atoms with Gasteiger partial charge in [-0.15, -0.1) is 0 Å². The summed E-state index contributed by atoms with van der Waals surface area (Å²) in [6.45, 7) is 0. The Morgan fingerprint density at radius 3 is 2.64 bits per heavy atom. The molecule has 1 aromatic heterocycles. The lowest BCUT2D eigenvalue weighted by atomic mass is 9.89. The molecular formula is C29H31N5O2. The number of pyridine rings is 1. The molecule has 7 nitrogen and oxygen atoms in total. The van der Waals surface area contributed by atoms with E-state index >= 15 is 0 Å². The molecule has 1 saturated carbocycles. The number of fused-ring (bicyclic) bond motifs is 3. The molecule has 36 heavy (non-hydrogen) atoms. The Balaban J connectivity index is 1.33. The molecule has 0 radical (unpaired) electrons. The highest BCUT2D eigenvalue weighted by Gasteiger charge is 2.35. The second-order valence-electron chi connectivity index (χ2n) is 9.96. The molecule has 3 unspecified atom stereocenters. The maximum absolute atomic E-state index is 11.4. The topological polar surface area (TPSA) is 84.5 Å². The van der Waals surface area contributed by atoms with Crippen LogP contribution in [0.5, 0.6) is 0 Å². The lowest BCUT2D eigenvalue weighted by molar-refractivity contribution is -0.0322. The summed E-state index contributed by atoms with van der Waals surface area (Å²) >= 11 is 0. The minimum absolute atomic E-state index is 0.115. The number of aliphatic hydroxyl groups is 2. The molecule has 2 N–H and O–H groups in total. The van der Waals surface area contributed by atoms with Gasteiger partial charge in [-0.2, -0.15) is 5.10 Å². The first kappa shape index (κ1) is 22.9. The van der Waals surface area contributed by atoms with Crippen LogP contribution in [0.4, 0.5) is 5.69 Å². The molecule has 1 aliphatic carbocycles. The van der Waals surface area contributed by atoms with Gasteiger partial charge in [0.25, 0.3) is 0 Å². The van der Waals surface area contributed by atoms with Gasteiger partial charge in [0, 0.05) is 48.6 Å². The zero-order chi connectivity index (χ0) is 24.6. The number of aliphatic imine (C=N–C) groups is 1. The number of hydrazone groups is 1. The monoisotopic (exact) mass is 481 g/mol. The van der Waals surface area contributed by atoms with Crippen LogP contribution < -0.4 is 0 Å². The second-order valence-corrected chi connectivity index (χ2v) is 9.96. The van der Waals surface area contributed by atoms with Crippen LogP contribution in [-0.2, 0) is 6.42 Å². The maximum atomic E-state index is 11.4. The number of aromatic nitrogens is 1. The van der Waals surface area contributed by atoms with Crippen molar-refractivity contribution < 1.29 is 10.2 Å². The zero-order valence-corrected chi connectivity index (χ0v) is 20.5. The van der Waals surface area contributed by atoms with Gasteiger partial charge < -0.3 is 15.1 Å². The fraction of sp³-hybridized carbons (Fsp3) is 0.345. The molecule has 2 aliphatic heterocycles.